The molecular formula is C16H18N2. The minimum Gasteiger partial charge on any atom is -0.379 e. The van der Waals surface area contributed by atoms with Crippen LogP contribution in [0.4, 0.5) is 5.69 Å². The first kappa shape index (κ1) is 11.3. The van der Waals surface area contributed by atoms with Gasteiger partial charge in [-0.15, -0.1) is 0 Å². The molecule has 1 aliphatic rings. The van der Waals surface area contributed by atoms with E-state index in [1.807, 2.05) is 18.5 Å². The van der Waals surface area contributed by atoms with Crippen LogP contribution in [0.1, 0.15) is 35.4 Å². The standard InChI is InChI=1S/C16H18N2/c1-12-8-9-17-11-16(12)18-10-14-4-2-3-5-15(14)13-6-7-13/h2-5,8-9,11,13,18H,6-7,10H2,1H3. The molecule has 1 saturated carbocycles. The largest absolute Gasteiger partial charge is 0.379 e. The van der Waals surface area contributed by atoms with Gasteiger partial charge in [-0.25, -0.2) is 0 Å². The average Bonchev–Trinajstić information content (AvgIpc) is 3.23. The van der Waals surface area contributed by atoms with Crippen molar-refractivity contribution in [1.29, 1.82) is 0 Å². The molecule has 1 aromatic heterocycles. The molecule has 0 radical (unpaired) electrons. The molecule has 0 atom stereocenters. The number of nitrogens with one attached hydrogen (secondary N) is 1. The SMILES string of the molecule is Cc1ccncc1NCc1ccccc1C1CC1. The Morgan fingerprint density at radius 2 is 2.06 bits per heavy atom. The lowest BCUT2D eigenvalue weighted by Crippen LogP contribution is -2.03. The third-order valence-corrected chi connectivity index (χ3v) is 3.58. The first-order valence-electron chi connectivity index (χ1n) is 6.57. The van der Waals surface area contributed by atoms with Gasteiger partial charge >= 0.3 is 0 Å². The van der Waals surface area contributed by atoms with Gasteiger partial charge in [-0.2, -0.15) is 0 Å². The van der Waals surface area contributed by atoms with Crippen molar-refractivity contribution in [1.82, 2.24) is 4.98 Å². The molecule has 2 aromatic rings. The van der Waals surface area contributed by atoms with Crippen molar-refractivity contribution in [3.05, 3.63) is 59.4 Å². The Kier molecular flexibility index (Phi) is 3.01. The second-order valence-electron chi connectivity index (χ2n) is 5.02. The summed E-state index contributed by atoms with van der Waals surface area (Å²) in [5, 5.41) is 3.49. The van der Waals surface area contributed by atoms with Gasteiger partial charge in [0.1, 0.15) is 0 Å². The van der Waals surface area contributed by atoms with Crippen molar-refractivity contribution in [2.24, 2.45) is 0 Å². The highest BCUT2D eigenvalue weighted by Crippen LogP contribution is 2.41. The number of pyridine rings is 1. The molecule has 0 bridgehead atoms. The molecule has 0 unspecified atom stereocenters. The van der Waals surface area contributed by atoms with E-state index in [0.717, 1.165) is 18.2 Å². The summed E-state index contributed by atoms with van der Waals surface area (Å²) in [5.74, 6) is 0.804. The van der Waals surface area contributed by atoms with Crippen molar-refractivity contribution in [2.45, 2.75) is 32.2 Å². The summed E-state index contributed by atoms with van der Waals surface area (Å²) in [5.41, 5.74) is 5.31. The summed E-state index contributed by atoms with van der Waals surface area (Å²) >= 11 is 0. The number of nitrogens with zero attached hydrogens (tertiary/aromatic N) is 1. The van der Waals surface area contributed by atoms with Crippen molar-refractivity contribution in [3.8, 4) is 0 Å². The van der Waals surface area contributed by atoms with Crippen molar-refractivity contribution < 1.29 is 0 Å². The van der Waals surface area contributed by atoms with Crippen LogP contribution in [-0.2, 0) is 6.54 Å². The average molecular weight is 238 g/mol. The molecule has 92 valence electrons. The van der Waals surface area contributed by atoms with Crippen LogP contribution in [0.3, 0.4) is 0 Å². The van der Waals surface area contributed by atoms with E-state index in [1.54, 1.807) is 0 Å². The number of rotatable bonds is 4. The zero-order valence-electron chi connectivity index (χ0n) is 10.7. The Balaban J connectivity index is 1.75. The predicted molar refractivity (Wildman–Crippen MR) is 74.7 cm³/mol. The van der Waals surface area contributed by atoms with E-state index < -0.39 is 0 Å². The number of anilines is 1. The molecule has 1 fully saturated rings. The summed E-state index contributed by atoms with van der Waals surface area (Å²) < 4.78 is 0. The monoisotopic (exact) mass is 238 g/mol. The van der Waals surface area contributed by atoms with Gasteiger partial charge in [0.05, 0.1) is 11.9 Å². The van der Waals surface area contributed by atoms with Gasteiger partial charge in [-0.05, 0) is 48.4 Å². The summed E-state index contributed by atoms with van der Waals surface area (Å²) in [7, 11) is 0. The first-order chi connectivity index (χ1) is 8.84. The second kappa shape index (κ2) is 4.81. The summed E-state index contributed by atoms with van der Waals surface area (Å²) in [6.07, 6.45) is 6.43. The molecule has 0 amide bonds. The minimum absolute atomic E-state index is 0.804. The fourth-order valence-corrected chi connectivity index (χ4v) is 2.33. The van der Waals surface area contributed by atoms with E-state index in [0.29, 0.717) is 0 Å². The van der Waals surface area contributed by atoms with Gasteiger partial charge in [0.25, 0.3) is 0 Å². The van der Waals surface area contributed by atoms with Crippen molar-refractivity contribution in [2.75, 3.05) is 5.32 Å². The topological polar surface area (TPSA) is 24.9 Å². The van der Waals surface area contributed by atoms with Gasteiger partial charge in [0.15, 0.2) is 0 Å². The number of benzene rings is 1. The van der Waals surface area contributed by atoms with Gasteiger partial charge in [-0.3, -0.25) is 4.98 Å². The van der Waals surface area contributed by atoms with Gasteiger partial charge < -0.3 is 5.32 Å². The highest BCUT2D eigenvalue weighted by atomic mass is 14.9. The summed E-state index contributed by atoms with van der Waals surface area (Å²) in [4.78, 5) is 4.17. The Bertz CT molecular complexity index is 544. The normalized spacial score (nSPS) is 14.5. The lowest BCUT2D eigenvalue weighted by molar-refractivity contribution is 1.03. The van der Waals surface area contributed by atoms with E-state index >= 15 is 0 Å². The third-order valence-electron chi connectivity index (χ3n) is 3.58. The highest BCUT2D eigenvalue weighted by molar-refractivity contribution is 5.49. The van der Waals surface area contributed by atoms with Crippen LogP contribution in [-0.4, -0.2) is 4.98 Å². The fraction of sp³-hybridized carbons (Fsp3) is 0.312. The van der Waals surface area contributed by atoms with Crippen LogP contribution in [0.25, 0.3) is 0 Å². The second-order valence-corrected chi connectivity index (χ2v) is 5.02. The van der Waals surface area contributed by atoms with Crippen LogP contribution in [0.2, 0.25) is 0 Å². The van der Waals surface area contributed by atoms with Gasteiger partial charge in [0, 0.05) is 12.7 Å². The Hall–Kier alpha value is -1.83. The first-order valence-corrected chi connectivity index (χ1v) is 6.57. The molecule has 1 N–H and O–H groups in total. The Labute approximate surface area is 108 Å². The van der Waals surface area contributed by atoms with Crippen LogP contribution >= 0.6 is 0 Å². The smallest absolute Gasteiger partial charge is 0.0559 e. The van der Waals surface area contributed by atoms with Crippen molar-refractivity contribution >= 4 is 5.69 Å². The van der Waals surface area contributed by atoms with Crippen LogP contribution < -0.4 is 5.32 Å². The number of aromatic nitrogens is 1. The van der Waals surface area contributed by atoms with Crippen LogP contribution in [0.5, 0.6) is 0 Å². The van der Waals surface area contributed by atoms with Gasteiger partial charge in [0.2, 0.25) is 0 Å². The number of hydrogen-bond donors (Lipinski definition) is 1. The Morgan fingerprint density at radius 1 is 1.22 bits per heavy atom. The summed E-state index contributed by atoms with van der Waals surface area (Å²) in [6, 6.07) is 10.8. The molecular weight excluding hydrogens is 220 g/mol. The number of aryl methyl sites for hydroxylation is 1. The van der Waals surface area contributed by atoms with E-state index in [2.05, 4.69) is 41.5 Å². The molecule has 2 nitrogen and oxygen atoms in total. The fourth-order valence-electron chi connectivity index (χ4n) is 2.33. The molecule has 1 aliphatic carbocycles. The van der Waals surface area contributed by atoms with E-state index in [1.165, 1.54) is 29.5 Å². The quantitative estimate of drug-likeness (QED) is 0.874. The zero-order chi connectivity index (χ0) is 12.4. The maximum Gasteiger partial charge on any atom is 0.0559 e. The third kappa shape index (κ3) is 2.37. The van der Waals surface area contributed by atoms with Crippen LogP contribution in [0.15, 0.2) is 42.7 Å². The predicted octanol–water partition coefficient (Wildman–Crippen LogP) is 3.88. The molecule has 2 heteroatoms. The van der Waals surface area contributed by atoms with E-state index in [9.17, 15) is 0 Å². The summed E-state index contributed by atoms with van der Waals surface area (Å²) in [6.45, 7) is 3.00. The van der Waals surface area contributed by atoms with Crippen LogP contribution in [0, 0.1) is 6.92 Å². The molecule has 3 rings (SSSR count). The molecule has 18 heavy (non-hydrogen) atoms. The lowest BCUT2D eigenvalue weighted by atomic mass is 10.0. The molecule has 0 aliphatic heterocycles. The molecule has 0 spiro atoms. The highest BCUT2D eigenvalue weighted by Gasteiger charge is 2.25. The van der Waals surface area contributed by atoms with Gasteiger partial charge in [-0.1, -0.05) is 24.3 Å². The maximum atomic E-state index is 4.17. The lowest BCUT2D eigenvalue weighted by Gasteiger charge is -2.12. The molecule has 1 heterocycles. The van der Waals surface area contributed by atoms with E-state index in [4.69, 9.17) is 0 Å². The molecule has 1 aromatic carbocycles. The number of hydrogen-bond acceptors (Lipinski definition) is 2. The zero-order valence-corrected chi connectivity index (χ0v) is 10.7. The maximum absolute atomic E-state index is 4.17. The van der Waals surface area contributed by atoms with Crippen molar-refractivity contribution in [3.63, 3.8) is 0 Å². The van der Waals surface area contributed by atoms with E-state index in [-0.39, 0.29) is 0 Å². The minimum atomic E-state index is 0.804. The molecule has 0 saturated heterocycles. The Morgan fingerprint density at radius 3 is 2.83 bits per heavy atom.